The van der Waals surface area contributed by atoms with Crippen LogP contribution in [0, 0.1) is 5.92 Å². The number of carboxylic acids is 1. The van der Waals surface area contributed by atoms with Crippen LogP contribution in [-0.4, -0.2) is 56.4 Å². The minimum Gasteiger partial charge on any atom is -0.481 e. The normalized spacial score (nSPS) is 20.5. The van der Waals surface area contributed by atoms with E-state index >= 15 is 0 Å². The third kappa shape index (κ3) is 4.94. The number of aromatic nitrogens is 3. The highest BCUT2D eigenvalue weighted by Crippen LogP contribution is 2.39. The molecule has 1 fully saturated rings. The Balaban J connectivity index is 0.000000636. The van der Waals surface area contributed by atoms with Crippen LogP contribution in [0.1, 0.15) is 36.6 Å². The number of benzene rings is 1. The molecule has 2 aromatic heterocycles. The molecule has 0 unspecified atom stereocenters. The number of rotatable bonds is 4. The van der Waals surface area contributed by atoms with E-state index < -0.39 is 12.0 Å². The smallest absolute Gasteiger partial charge is 0.300 e. The monoisotopic (exact) mass is 463 g/mol. The lowest BCUT2D eigenvalue weighted by Crippen LogP contribution is -2.52. The summed E-state index contributed by atoms with van der Waals surface area (Å²) in [5, 5.41) is 15.1. The number of nitrogens with zero attached hydrogens (tertiary/aromatic N) is 4. The quantitative estimate of drug-likeness (QED) is 0.613. The number of piperidine rings is 1. The first-order chi connectivity index (χ1) is 16.3. The van der Waals surface area contributed by atoms with E-state index in [2.05, 4.69) is 10.4 Å². The topological polar surface area (TPSA) is 109 Å². The van der Waals surface area contributed by atoms with Gasteiger partial charge in [0.05, 0.1) is 5.69 Å². The molecule has 1 amide bonds. The zero-order valence-electron chi connectivity index (χ0n) is 19.3. The first-order valence-electron chi connectivity index (χ1n) is 11.3. The van der Waals surface area contributed by atoms with Gasteiger partial charge in [0.15, 0.2) is 0 Å². The van der Waals surface area contributed by atoms with Crippen molar-refractivity contribution in [3.05, 3.63) is 82.5 Å². The number of fused-ring (bicyclic) bond motifs is 4. The van der Waals surface area contributed by atoms with Gasteiger partial charge in [-0.1, -0.05) is 18.2 Å². The van der Waals surface area contributed by atoms with Crippen molar-refractivity contribution in [3.8, 4) is 5.69 Å². The third-order valence-corrected chi connectivity index (χ3v) is 6.30. The van der Waals surface area contributed by atoms with Crippen LogP contribution in [-0.2, 0) is 16.1 Å². The zero-order valence-corrected chi connectivity index (χ0v) is 19.3. The summed E-state index contributed by atoms with van der Waals surface area (Å²) in [5.41, 5.74) is 2.91. The van der Waals surface area contributed by atoms with Crippen LogP contribution >= 0.6 is 0 Å². The average molecular weight is 464 g/mol. The Morgan fingerprint density at radius 3 is 2.56 bits per heavy atom. The van der Waals surface area contributed by atoms with Gasteiger partial charge in [-0.25, -0.2) is 4.68 Å². The predicted molar refractivity (Wildman–Crippen MR) is 127 cm³/mol. The number of hydrogen-bond acceptors (Lipinski definition) is 5. The van der Waals surface area contributed by atoms with Crippen LogP contribution in [0.25, 0.3) is 5.69 Å². The Labute approximate surface area is 197 Å². The number of hydrogen-bond donors (Lipinski definition) is 2. The van der Waals surface area contributed by atoms with Gasteiger partial charge in [0.2, 0.25) is 5.91 Å². The second kappa shape index (κ2) is 10.0. The number of pyridine rings is 1. The Morgan fingerprint density at radius 1 is 1.15 bits per heavy atom. The van der Waals surface area contributed by atoms with E-state index in [0.29, 0.717) is 12.5 Å². The number of carboxylic acid groups (broad SMARTS) is 1. The summed E-state index contributed by atoms with van der Waals surface area (Å²) < 4.78 is 3.55. The highest BCUT2D eigenvalue weighted by molar-refractivity contribution is 5.81. The van der Waals surface area contributed by atoms with Crippen molar-refractivity contribution in [2.45, 2.75) is 31.8 Å². The van der Waals surface area contributed by atoms with Gasteiger partial charge in [0.25, 0.3) is 11.5 Å². The van der Waals surface area contributed by atoms with Crippen molar-refractivity contribution in [2.24, 2.45) is 5.92 Å². The molecule has 0 saturated carbocycles. The van der Waals surface area contributed by atoms with Crippen molar-refractivity contribution < 1.29 is 14.7 Å². The second-order valence-electron chi connectivity index (χ2n) is 8.79. The van der Waals surface area contributed by atoms with Crippen molar-refractivity contribution in [1.82, 2.24) is 24.6 Å². The SMILES string of the molecule is CC(=O)O.CN(Cc1ccc(-n2cccn2)cc1)C(=O)[C@H]1[C@@H]2CNC[C@@H](C2)c2cccc(=O)n21. The molecule has 1 saturated heterocycles. The molecule has 2 bridgehead atoms. The summed E-state index contributed by atoms with van der Waals surface area (Å²) in [6.07, 6.45) is 4.59. The Morgan fingerprint density at radius 2 is 1.88 bits per heavy atom. The van der Waals surface area contributed by atoms with E-state index in [-0.39, 0.29) is 17.4 Å². The van der Waals surface area contributed by atoms with E-state index in [1.165, 1.54) is 0 Å². The van der Waals surface area contributed by atoms with Crippen molar-refractivity contribution in [1.29, 1.82) is 0 Å². The van der Waals surface area contributed by atoms with Gasteiger partial charge in [0.1, 0.15) is 6.04 Å². The van der Waals surface area contributed by atoms with Crippen LogP contribution in [0.15, 0.2) is 65.7 Å². The average Bonchev–Trinajstić information content (AvgIpc) is 3.35. The van der Waals surface area contributed by atoms with E-state index in [0.717, 1.165) is 43.4 Å². The Hall–Kier alpha value is -3.72. The first kappa shape index (κ1) is 23.4. The first-order valence-corrected chi connectivity index (χ1v) is 11.3. The summed E-state index contributed by atoms with van der Waals surface area (Å²) in [5.74, 6) is -0.414. The molecule has 3 aromatic rings. The van der Waals surface area contributed by atoms with E-state index in [1.54, 1.807) is 32.5 Å². The van der Waals surface area contributed by atoms with Gasteiger partial charge in [-0.15, -0.1) is 0 Å². The summed E-state index contributed by atoms with van der Waals surface area (Å²) in [6, 6.07) is 14.8. The second-order valence-corrected chi connectivity index (χ2v) is 8.79. The highest BCUT2D eigenvalue weighted by atomic mass is 16.4. The molecule has 2 aliphatic heterocycles. The van der Waals surface area contributed by atoms with Crippen molar-refractivity contribution in [2.75, 3.05) is 20.1 Å². The molecule has 0 aliphatic carbocycles. The Bertz CT molecular complexity index is 1200. The van der Waals surface area contributed by atoms with Gasteiger partial charge < -0.3 is 15.3 Å². The number of amides is 1. The molecule has 2 N–H and O–H groups in total. The fraction of sp³-hybridized carbons (Fsp3) is 0.360. The van der Waals surface area contributed by atoms with Gasteiger partial charge in [-0.2, -0.15) is 5.10 Å². The third-order valence-electron chi connectivity index (χ3n) is 6.30. The maximum absolute atomic E-state index is 13.5. The molecule has 9 heteroatoms. The van der Waals surface area contributed by atoms with Crippen LogP contribution in [0.5, 0.6) is 0 Å². The highest BCUT2D eigenvalue weighted by Gasteiger charge is 2.42. The van der Waals surface area contributed by atoms with Crippen molar-refractivity contribution in [3.63, 3.8) is 0 Å². The molecule has 9 nitrogen and oxygen atoms in total. The lowest BCUT2D eigenvalue weighted by atomic mass is 9.79. The van der Waals surface area contributed by atoms with Gasteiger partial charge >= 0.3 is 0 Å². The lowest BCUT2D eigenvalue weighted by molar-refractivity contribution is -0.137. The van der Waals surface area contributed by atoms with Gasteiger partial charge in [-0.05, 0) is 36.2 Å². The fourth-order valence-electron chi connectivity index (χ4n) is 4.86. The number of nitrogens with one attached hydrogen (secondary N) is 1. The number of aliphatic carboxylic acids is 1. The van der Waals surface area contributed by atoms with E-state index in [4.69, 9.17) is 9.90 Å². The van der Waals surface area contributed by atoms with Crippen LogP contribution in [0.4, 0.5) is 0 Å². The number of likely N-dealkylation sites (N-methyl/N-ethyl adjacent to an activating group) is 1. The molecule has 178 valence electrons. The largest absolute Gasteiger partial charge is 0.481 e. The molecule has 3 atom stereocenters. The number of carbonyl (C=O) groups is 2. The van der Waals surface area contributed by atoms with Crippen molar-refractivity contribution >= 4 is 11.9 Å². The molecular formula is C25H29N5O4. The van der Waals surface area contributed by atoms with Crippen LogP contribution < -0.4 is 10.9 Å². The minimum atomic E-state index is -0.833. The van der Waals surface area contributed by atoms with Gasteiger partial charge in [0, 0.05) is 69.6 Å². The van der Waals surface area contributed by atoms with E-state index in [1.807, 2.05) is 49.6 Å². The molecule has 34 heavy (non-hydrogen) atoms. The molecule has 1 aromatic carbocycles. The molecule has 2 aliphatic rings. The standard InChI is InChI=1S/C23H25N5O2.C2H4O2/c1-26(15-16-6-8-19(9-7-16)27-11-3-10-25-27)23(30)22-18-12-17(13-24-14-18)20-4-2-5-21(29)28(20)22;1-2(3)4/h2-11,17-18,22,24H,12-15H2,1H3;1H3,(H,3,4)/t17-,18+,22-;/m1./s1. The fourth-order valence-corrected chi connectivity index (χ4v) is 4.86. The molecule has 0 radical (unpaired) electrons. The van der Waals surface area contributed by atoms with Crippen LogP contribution in [0.2, 0.25) is 0 Å². The van der Waals surface area contributed by atoms with Gasteiger partial charge in [-0.3, -0.25) is 19.0 Å². The predicted octanol–water partition coefficient (Wildman–Crippen LogP) is 2.03. The molecule has 4 heterocycles. The summed E-state index contributed by atoms with van der Waals surface area (Å²) >= 11 is 0. The summed E-state index contributed by atoms with van der Waals surface area (Å²) in [7, 11) is 1.82. The molecule has 5 rings (SSSR count). The molecule has 0 spiro atoms. The lowest BCUT2D eigenvalue weighted by Gasteiger charge is -2.43. The zero-order chi connectivity index (χ0) is 24.2. The Kier molecular flexibility index (Phi) is 6.93. The summed E-state index contributed by atoms with van der Waals surface area (Å²) in [4.78, 5) is 36.9. The number of carbonyl (C=O) groups excluding carboxylic acids is 1. The maximum atomic E-state index is 13.5. The van der Waals surface area contributed by atoms with Crippen LogP contribution in [0.3, 0.4) is 0 Å². The molecular weight excluding hydrogens is 434 g/mol. The minimum absolute atomic E-state index is 0.00662. The van der Waals surface area contributed by atoms with E-state index in [9.17, 15) is 9.59 Å². The maximum Gasteiger partial charge on any atom is 0.300 e. The summed E-state index contributed by atoms with van der Waals surface area (Å²) in [6.45, 7) is 3.20.